The Morgan fingerprint density at radius 3 is 2.48 bits per heavy atom. The third kappa shape index (κ3) is 4.69. The zero-order chi connectivity index (χ0) is 21.8. The number of anilines is 1. The summed E-state index contributed by atoms with van der Waals surface area (Å²) in [6.07, 6.45) is 3.76. The van der Waals surface area contributed by atoms with Gasteiger partial charge in [-0.15, -0.1) is 0 Å². The van der Waals surface area contributed by atoms with Crippen LogP contribution in [-0.2, 0) is 11.3 Å². The number of nitrogens with zero attached hydrogens (tertiary/aromatic N) is 2. The summed E-state index contributed by atoms with van der Waals surface area (Å²) < 4.78 is 1.90. The number of amides is 1. The van der Waals surface area contributed by atoms with Crippen LogP contribution in [0.5, 0.6) is 0 Å². The first kappa shape index (κ1) is 20.5. The summed E-state index contributed by atoms with van der Waals surface area (Å²) in [6.45, 7) is 2.18. The molecule has 0 aliphatic carbocycles. The van der Waals surface area contributed by atoms with Crippen molar-refractivity contribution >= 4 is 45.7 Å². The molecule has 0 spiro atoms. The van der Waals surface area contributed by atoms with Gasteiger partial charge in [0, 0.05) is 33.4 Å². The van der Waals surface area contributed by atoms with E-state index in [0.717, 1.165) is 33.3 Å². The third-order valence-electron chi connectivity index (χ3n) is 5.04. The van der Waals surface area contributed by atoms with Gasteiger partial charge in [0.1, 0.15) is 6.54 Å². The normalized spacial score (nSPS) is 11.3. The molecular weight excluding hydrogens is 406 g/mol. The Bertz CT molecular complexity index is 1310. The van der Waals surface area contributed by atoms with Crippen LogP contribution in [0.25, 0.3) is 22.6 Å². The molecule has 0 atom stereocenters. The Balaban J connectivity index is 1.65. The minimum atomic E-state index is -0.113. The van der Waals surface area contributed by atoms with E-state index in [-0.39, 0.29) is 12.5 Å². The fourth-order valence-corrected chi connectivity index (χ4v) is 3.60. The van der Waals surface area contributed by atoms with Crippen LogP contribution in [0.1, 0.15) is 16.7 Å². The lowest BCUT2D eigenvalue weighted by Gasteiger charge is -2.07. The van der Waals surface area contributed by atoms with Crippen LogP contribution in [0, 0.1) is 18.3 Å². The summed E-state index contributed by atoms with van der Waals surface area (Å²) in [4.78, 5) is 12.6. The first-order chi connectivity index (χ1) is 15.0. The first-order valence-electron chi connectivity index (χ1n) is 9.85. The van der Waals surface area contributed by atoms with E-state index in [4.69, 9.17) is 11.6 Å². The van der Waals surface area contributed by atoms with Crippen molar-refractivity contribution in [2.45, 2.75) is 13.5 Å². The first-order valence-corrected chi connectivity index (χ1v) is 10.2. The van der Waals surface area contributed by atoms with E-state index in [2.05, 4.69) is 11.4 Å². The number of rotatable bonds is 5. The topological polar surface area (TPSA) is 57.8 Å². The van der Waals surface area contributed by atoms with E-state index in [1.807, 2.05) is 84.4 Å². The van der Waals surface area contributed by atoms with Crippen molar-refractivity contribution in [2.24, 2.45) is 0 Å². The van der Waals surface area contributed by atoms with Crippen molar-refractivity contribution in [1.82, 2.24) is 4.57 Å². The van der Waals surface area contributed by atoms with Gasteiger partial charge in [0.15, 0.2) is 0 Å². The number of nitriles is 1. The highest BCUT2D eigenvalue weighted by molar-refractivity contribution is 6.30. The molecule has 4 rings (SSSR count). The van der Waals surface area contributed by atoms with Crippen molar-refractivity contribution in [3.63, 3.8) is 0 Å². The molecule has 1 aromatic heterocycles. The van der Waals surface area contributed by atoms with Gasteiger partial charge in [0.05, 0.1) is 11.6 Å². The zero-order valence-electron chi connectivity index (χ0n) is 17.0. The molecule has 4 nitrogen and oxygen atoms in total. The standard InChI is InChI=1S/C26H20ClN3O/c1-18-6-12-23(13-7-18)29-26(31)17-30-16-21(24-4-2-3-5-25(24)30)14-20(15-28)19-8-10-22(27)11-9-19/h2-14,16H,17H2,1H3,(H,29,31)/b20-14+. The van der Waals surface area contributed by atoms with E-state index in [9.17, 15) is 10.1 Å². The highest BCUT2D eigenvalue weighted by Crippen LogP contribution is 2.27. The van der Waals surface area contributed by atoms with E-state index < -0.39 is 0 Å². The number of aromatic nitrogens is 1. The largest absolute Gasteiger partial charge is 0.337 e. The summed E-state index contributed by atoms with van der Waals surface area (Å²) in [5.41, 5.74) is 5.04. The molecule has 31 heavy (non-hydrogen) atoms. The predicted molar refractivity (Wildman–Crippen MR) is 127 cm³/mol. The number of benzene rings is 3. The minimum Gasteiger partial charge on any atom is -0.337 e. The molecule has 5 heteroatoms. The van der Waals surface area contributed by atoms with Gasteiger partial charge >= 0.3 is 0 Å². The number of hydrogen-bond donors (Lipinski definition) is 1. The molecule has 0 bridgehead atoms. The van der Waals surface area contributed by atoms with Gasteiger partial charge in [-0.1, -0.05) is 59.6 Å². The predicted octanol–water partition coefficient (Wildman–Crippen LogP) is 6.31. The lowest BCUT2D eigenvalue weighted by Crippen LogP contribution is -2.18. The molecule has 3 aromatic carbocycles. The van der Waals surface area contributed by atoms with Crippen molar-refractivity contribution in [2.75, 3.05) is 5.32 Å². The average Bonchev–Trinajstić information content (AvgIpc) is 3.11. The van der Waals surface area contributed by atoms with E-state index >= 15 is 0 Å². The number of halogens is 1. The van der Waals surface area contributed by atoms with Crippen LogP contribution in [0.15, 0.2) is 79.0 Å². The average molecular weight is 426 g/mol. The number of para-hydroxylation sites is 1. The summed E-state index contributed by atoms with van der Waals surface area (Å²) in [6, 6.07) is 25.0. The fourth-order valence-electron chi connectivity index (χ4n) is 3.48. The number of hydrogen-bond acceptors (Lipinski definition) is 2. The number of aryl methyl sites for hydroxylation is 1. The Hall–Kier alpha value is -3.81. The van der Waals surface area contributed by atoms with Gasteiger partial charge in [0.25, 0.3) is 0 Å². The molecular formula is C26H20ClN3O. The maximum atomic E-state index is 12.6. The van der Waals surface area contributed by atoms with Gasteiger partial charge in [-0.2, -0.15) is 5.26 Å². The second kappa shape index (κ2) is 8.91. The Morgan fingerprint density at radius 1 is 1.06 bits per heavy atom. The van der Waals surface area contributed by atoms with Gasteiger partial charge < -0.3 is 9.88 Å². The van der Waals surface area contributed by atoms with Gasteiger partial charge in [-0.3, -0.25) is 4.79 Å². The second-order valence-electron chi connectivity index (χ2n) is 7.32. The summed E-state index contributed by atoms with van der Waals surface area (Å²) in [5, 5.41) is 14.2. The zero-order valence-corrected chi connectivity index (χ0v) is 17.7. The quantitative estimate of drug-likeness (QED) is 0.381. The number of carbonyl (C=O) groups excluding carboxylic acids is 1. The van der Waals surface area contributed by atoms with Crippen molar-refractivity contribution in [1.29, 1.82) is 5.26 Å². The molecule has 0 aliphatic heterocycles. The number of fused-ring (bicyclic) bond motifs is 1. The maximum Gasteiger partial charge on any atom is 0.244 e. The smallest absolute Gasteiger partial charge is 0.244 e. The summed E-state index contributed by atoms with van der Waals surface area (Å²) in [5.74, 6) is -0.113. The molecule has 0 radical (unpaired) electrons. The van der Waals surface area contributed by atoms with Gasteiger partial charge in [-0.25, -0.2) is 0 Å². The third-order valence-corrected chi connectivity index (χ3v) is 5.30. The molecule has 1 heterocycles. The van der Waals surface area contributed by atoms with Gasteiger partial charge in [-0.05, 0) is 48.9 Å². The molecule has 0 unspecified atom stereocenters. The lowest BCUT2D eigenvalue weighted by molar-refractivity contribution is -0.116. The van der Waals surface area contributed by atoms with Crippen LogP contribution in [0.2, 0.25) is 5.02 Å². The highest BCUT2D eigenvalue weighted by atomic mass is 35.5. The van der Waals surface area contributed by atoms with Crippen molar-refractivity contribution in [3.05, 3.63) is 101 Å². The molecule has 0 fully saturated rings. The lowest BCUT2D eigenvalue weighted by atomic mass is 10.0. The maximum absolute atomic E-state index is 12.6. The number of carbonyl (C=O) groups is 1. The van der Waals surface area contributed by atoms with Crippen LogP contribution < -0.4 is 5.32 Å². The molecule has 152 valence electrons. The van der Waals surface area contributed by atoms with Crippen molar-refractivity contribution in [3.8, 4) is 6.07 Å². The molecule has 4 aromatic rings. The van der Waals surface area contributed by atoms with Crippen LogP contribution in [-0.4, -0.2) is 10.5 Å². The number of nitrogens with one attached hydrogen (secondary N) is 1. The molecule has 0 saturated carbocycles. The minimum absolute atomic E-state index is 0.113. The van der Waals surface area contributed by atoms with Crippen LogP contribution in [0.3, 0.4) is 0 Å². The highest BCUT2D eigenvalue weighted by Gasteiger charge is 2.11. The van der Waals surface area contributed by atoms with Crippen LogP contribution in [0.4, 0.5) is 5.69 Å². The molecule has 0 aliphatic rings. The Labute approximate surface area is 186 Å². The van der Waals surface area contributed by atoms with E-state index in [0.29, 0.717) is 10.6 Å². The second-order valence-corrected chi connectivity index (χ2v) is 7.76. The monoisotopic (exact) mass is 425 g/mol. The Morgan fingerprint density at radius 2 is 1.77 bits per heavy atom. The fraction of sp³-hybridized carbons (Fsp3) is 0.0769. The summed E-state index contributed by atoms with van der Waals surface area (Å²) >= 11 is 5.97. The molecule has 0 saturated heterocycles. The van der Waals surface area contributed by atoms with Crippen LogP contribution >= 0.6 is 11.6 Å². The Kier molecular flexibility index (Phi) is 5.88. The summed E-state index contributed by atoms with van der Waals surface area (Å²) in [7, 11) is 0. The van der Waals surface area contributed by atoms with E-state index in [1.54, 1.807) is 12.1 Å². The van der Waals surface area contributed by atoms with Crippen molar-refractivity contribution < 1.29 is 4.79 Å². The van der Waals surface area contributed by atoms with Gasteiger partial charge in [0.2, 0.25) is 5.91 Å². The number of allylic oxidation sites excluding steroid dienone is 1. The molecule has 1 N–H and O–H groups in total. The SMILES string of the molecule is Cc1ccc(NC(=O)Cn2cc(/C=C(\C#N)c3ccc(Cl)cc3)c3ccccc32)cc1. The molecule has 1 amide bonds. The van der Waals surface area contributed by atoms with E-state index in [1.165, 1.54) is 0 Å².